The highest BCUT2D eigenvalue weighted by molar-refractivity contribution is 5.93. The number of benzene rings is 4. The van der Waals surface area contributed by atoms with Crippen molar-refractivity contribution in [3.05, 3.63) is 127 Å². The van der Waals surface area contributed by atoms with Crippen molar-refractivity contribution in [2.24, 2.45) is 0 Å². The van der Waals surface area contributed by atoms with Gasteiger partial charge in [0.1, 0.15) is 11.3 Å². The minimum atomic E-state index is 0.156. The van der Waals surface area contributed by atoms with Crippen molar-refractivity contribution in [1.29, 1.82) is 0 Å². The van der Waals surface area contributed by atoms with Gasteiger partial charge in [0.05, 0.1) is 11.3 Å². The van der Waals surface area contributed by atoms with E-state index in [0.29, 0.717) is 23.5 Å². The molecule has 0 aliphatic carbocycles. The molecule has 4 aromatic carbocycles. The number of para-hydroxylation sites is 1. The molecule has 35 heavy (non-hydrogen) atoms. The number of nitrogens with zero attached hydrogens (tertiary/aromatic N) is 2. The van der Waals surface area contributed by atoms with E-state index in [1.807, 2.05) is 72.8 Å². The molecule has 0 aliphatic rings. The van der Waals surface area contributed by atoms with Gasteiger partial charge in [-0.3, -0.25) is 4.98 Å². The molecule has 0 amide bonds. The van der Waals surface area contributed by atoms with E-state index in [0.717, 1.165) is 39.0 Å². The minimum Gasteiger partial charge on any atom is -0.507 e. The average Bonchev–Trinajstić information content (AvgIpc) is 3.34. The van der Waals surface area contributed by atoms with Crippen LogP contribution in [0.25, 0.3) is 44.9 Å². The summed E-state index contributed by atoms with van der Waals surface area (Å²) in [5.74, 6) is 0.570. The van der Waals surface area contributed by atoms with Crippen LogP contribution < -0.4 is 0 Å². The first-order valence-electron chi connectivity index (χ1n) is 11.5. The van der Waals surface area contributed by atoms with Crippen LogP contribution in [-0.4, -0.2) is 15.1 Å². The molecule has 2 heterocycles. The fourth-order valence-electron chi connectivity index (χ4n) is 4.46. The van der Waals surface area contributed by atoms with Gasteiger partial charge < -0.3 is 9.52 Å². The second kappa shape index (κ2) is 8.92. The first-order chi connectivity index (χ1) is 17.3. The quantitative estimate of drug-likeness (QED) is 0.293. The Bertz CT molecular complexity index is 1620. The van der Waals surface area contributed by atoms with E-state index in [1.165, 1.54) is 0 Å². The maximum absolute atomic E-state index is 10.8. The van der Waals surface area contributed by atoms with E-state index in [2.05, 4.69) is 35.3 Å². The normalized spacial score (nSPS) is 11.1. The van der Waals surface area contributed by atoms with Gasteiger partial charge in [-0.2, -0.15) is 0 Å². The number of phenols is 1. The lowest BCUT2D eigenvalue weighted by Crippen LogP contribution is -1.93. The van der Waals surface area contributed by atoms with Crippen molar-refractivity contribution in [2.75, 3.05) is 0 Å². The van der Waals surface area contributed by atoms with Crippen molar-refractivity contribution in [3.8, 4) is 39.6 Å². The summed E-state index contributed by atoms with van der Waals surface area (Å²) in [4.78, 5) is 9.36. The van der Waals surface area contributed by atoms with Crippen molar-refractivity contribution in [3.63, 3.8) is 0 Å². The van der Waals surface area contributed by atoms with Gasteiger partial charge in [0.25, 0.3) is 0 Å². The summed E-state index contributed by atoms with van der Waals surface area (Å²) in [6, 6.07) is 35.8. The zero-order valence-electron chi connectivity index (χ0n) is 18.9. The van der Waals surface area contributed by atoms with E-state index in [9.17, 15) is 5.11 Å². The van der Waals surface area contributed by atoms with E-state index in [-0.39, 0.29) is 5.75 Å². The lowest BCUT2D eigenvalue weighted by atomic mass is 9.99. The molecule has 2 aromatic heterocycles. The van der Waals surface area contributed by atoms with Crippen LogP contribution in [0.4, 0.5) is 0 Å². The van der Waals surface area contributed by atoms with Crippen LogP contribution in [0, 0.1) is 0 Å². The van der Waals surface area contributed by atoms with Crippen LogP contribution in [0.15, 0.2) is 120 Å². The Balaban J connectivity index is 1.46. The number of rotatable bonds is 5. The smallest absolute Gasteiger partial charge is 0.231 e. The summed E-state index contributed by atoms with van der Waals surface area (Å²) < 4.78 is 6.21. The molecule has 4 heteroatoms. The molecule has 0 saturated heterocycles. The molecule has 0 atom stereocenters. The summed E-state index contributed by atoms with van der Waals surface area (Å²) in [6.45, 7) is 0. The monoisotopic (exact) mass is 454 g/mol. The fourth-order valence-corrected chi connectivity index (χ4v) is 4.46. The summed E-state index contributed by atoms with van der Waals surface area (Å²) in [7, 11) is 0. The molecule has 168 valence electrons. The van der Waals surface area contributed by atoms with Gasteiger partial charge in [-0.15, -0.1) is 0 Å². The summed E-state index contributed by atoms with van der Waals surface area (Å²) >= 11 is 0. The Kier molecular flexibility index (Phi) is 5.32. The molecule has 0 spiro atoms. The fraction of sp³-hybridized carbons (Fsp3) is 0.0323. The second-order valence-corrected chi connectivity index (χ2v) is 8.44. The van der Waals surface area contributed by atoms with Crippen LogP contribution in [0.2, 0.25) is 0 Å². The van der Waals surface area contributed by atoms with Crippen molar-refractivity contribution in [2.45, 2.75) is 6.42 Å². The first-order valence-corrected chi connectivity index (χ1v) is 11.5. The maximum Gasteiger partial charge on any atom is 0.231 e. The van der Waals surface area contributed by atoms with Gasteiger partial charge in [-0.25, -0.2) is 4.98 Å². The number of aromatic nitrogens is 2. The van der Waals surface area contributed by atoms with E-state index in [1.54, 1.807) is 12.3 Å². The van der Waals surface area contributed by atoms with E-state index < -0.39 is 0 Å². The molecule has 0 saturated carbocycles. The summed E-state index contributed by atoms with van der Waals surface area (Å²) in [6.07, 6.45) is 2.47. The van der Waals surface area contributed by atoms with E-state index in [4.69, 9.17) is 9.40 Å². The van der Waals surface area contributed by atoms with Gasteiger partial charge >= 0.3 is 0 Å². The van der Waals surface area contributed by atoms with Crippen molar-refractivity contribution in [1.82, 2.24) is 9.97 Å². The van der Waals surface area contributed by atoms with Crippen LogP contribution >= 0.6 is 0 Å². The molecule has 0 unspecified atom stereocenters. The minimum absolute atomic E-state index is 0.156. The molecule has 4 nitrogen and oxygen atoms in total. The van der Waals surface area contributed by atoms with Gasteiger partial charge in [0, 0.05) is 17.3 Å². The number of phenolic OH excluding ortho intramolecular Hbond substituents is 1. The van der Waals surface area contributed by atoms with Crippen molar-refractivity contribution >= 4 is 11.1 Å². The zero-order valence-corrected chi connectivity index (χ0v) is 18.9. The third kappa shape index (κ3) is 4.06. The molecule has 1 N–H and O–H groups in total. The summed E-state index contributed by atoms with van der Waals surface area (Å²) in [5, 5.41) is 10.8. The van der Waals surface area contributed by atoms with Gasteiger partial charge in [-0.05, 0) is 53.4 Å². The Hall–Kier alpha value is -4.70. The maximum atomic E-state index is 10.8. The third-order valence-electron chi connectivity index (χ3n) is 6.13. The Morgan fingerprint density at radius 2 is 1.51 bits per heavy atom. The molecule has 0 bridgehead atoms. The zero-order chi connectivity index (χ0) is 23.6. The molecule has 0 aliphatic heterocycles. The molecule has 6 aromatic rings. The number of pyridine rings is 1. The molecular weight excluding hydrogens is 432 g/mol. The highest BCUT2D eigenvalue weighted by Crippen LogP contribution is 2.38. The topological polar surface area (TPSA) is 59.2 Å². The van der Waals surface area contributed by atoms with Crippen LogP contribution in [0.5, 0.6) is 5.75 Å². The first kappa shape index (κ1) is 20.9. The number of aromatic hydroxyl groups is 1. The summed E-state index contributed by atoms with van der Waals surface area (Å²) in [5.41, 5.74) is 8.13. The molecule has 6 rings (SSSR count). The Morgan fingerprint density at radius 3 is 2.37 bits per heavy atom. The van der Waals surface area contributed by atoms with Crippen LogP contribution in [-0.2, 0) is 6.42 Å². The largest absolute Gasteiger partial charge is 0.507 e. The Labute approximate surface area is 203 Å². The third-order valence-corrected chi connectivity index (χ3v) is 6.13. The van der Waals surface area contributed by atoms with Crippen LogP contribution in [0.1, 0.15) is 11.1 Å². The van der Waals surface area contributed by atoms with Gasteiger partial charge in [0.15, 0.2) is 5.58 Å². The molecule has 0 fully saturated rings. The van der Waals surface area contributed by atoms with Crippen LogP contribution in [0.3, 0.4) is 0 Å². The molecule has 0 radical (unpaired) electrons. The molecular formula is C31H22N2O2. The Morgan fingerprint density at radius 1 is 0.714 bits per heavy atom. The lowest BCUT2D eigenvalue weighted by Gasteiger charge is -2.09. The second-order valence-electron chi connectivity index (χ2n) is 8.44. The van der Waals surface area contributed by atoms with Gasteiger partial charge in [0.2, 0.25) is 5.89 Å². The standard InChI is InChI=1S/C31H22N2O2/c34-27-16-7-13-24(19-21-9-2-1-3-10-21)29(27)31-33-30-25(14-8-17-28(30)35-31)22-11-6-12-23(20-22)26-15-4-5-18-32-26/h1-18,20,34H,19H2. The number of hydrogen-bond donors (Lipinski definition) is 1. The van der Waals surface area contributed by atoms with Gasteiger partial charge in [-0.1, -0.05) is 78.9 Å². The van der Waals surface area contributed by atoms with E-state index >= 15 is 0 Å². The number of oxazole rings is 1. The SMILES string of the molecule is Oc1cccc(Cc2ccccc2)c1-c1nc2c(-c3cccc(-c4ccccn4)c3)cccc2o1. The number of hydrogen-bond acceptors (Lipinski definition) is 4. The average molecular weight is 455 g/mol. The lowest BCUT2D eigenvalue weighted by molar-refractivity contribution is 0.473. The number of fused-ring (bicyclic) bond motifs is 1. The van der Waals surface area contributed by atoms with Crippen molar-refractivity contribution < 1.29 is 9.52 Å². The highest BCUT2D eigenvalue weighted by Gasteiger charge is 2.19. The predicted octanol–water partition coefficient (Wildman–Crippen LogP) is 7.52. The predicted molar refractivity (Wildman–Crippen MR) is 139 cm³/mol. The highest BCUT2D eigenvalue weighted by atomic mass is 16.3.